The zero-order valence-corrected chi connectivity index (χ0v) is 18.0. The number of fused-ring (bicyclic) bond motifs is 1. The smallest absolute Gasteiger partial charge is 0.325 e. The maximum absolute atomic E-state index is 12.9. The Morgan fingerprint density at radius 1 is 1.10 bits per heavy atom. The summed E-state index contributed by atoms with van der Waals surface area (Å²) in [6.07, 6.45) is 0. The summed E-state index contributed by atoms with van der Waals surface area (Å²) in [7, 11) is 4.19. The third-order valence-electron chi connectivity index (χ3n) is 4.08. The molecular formula is C19H16Cl2N2O5S. The molecule has 0 unspecified atom stereocenters. The van der Waals surface area contributed by atoms with Gasteiger partial charge >= 0.3 is 5.97 Å². The van der Waals surface area contributed by atoms with Crippen LogP contribution in [0.4, 0.5) is 0 Å². The van der Waals surface area contributed by atoms with Crippen molar-refractivity contribution in [2.75, 3.05) is 21.3 Å². The van der Waals surface area contributed by atoms with Gasteiger partial charge in [-0.15, -0.1) is 0 Å². The fourth-order valence-electron chi connectivity index (χ4n) is 2.73. The summed E-state index contributed by atoms with van der Waals surface area (Å²) in [6.45, 7) is -0.183. The van der Waals surface area contributed by atoms with Crippen LogP contribution >= 0.6 is 34.5 Å². The van der Waals surface area contributed by atoms with Gasteiger partial charge in [-0.05, 0) is 24.3 Å². The van der Waals surface area contributed by atoms with Gasteiger partial charge in [-0.25, -0.2) is 0 Å². The predicted molar refractivity (Wildman–Crippen MR) is 111 cm³/mol. The second kappa shape index (κ2) is 8.86. The zero-order valence-electron chi connectivity index (χ0n) is 15.7. The van der Waals surface area contributed by atoms with Crippen LogP contribution in [0.5, 0.6) is 11.5 Å². The maximum atomic E-state index is 12.9. The first-order valence-corrected chi connectivity index (χ1v) is 9.82. The number of methoxy groups -OCH3 is 3. The molecule has 0 fully saturated rings. The van der Waals surface area contributed by atoms with Crippen molar-refractivity contribution in [3.63, 3.8) is 0 Å². The first-order valence-electron chi connectivity index (χ1n) is 8.25. The summed E-state index contributed by atoms with van der Waals surface area (Å²) in [4.78, 5) is 29.3. The Bertz CT molecular complexity index is 1170. The van der Waals surface area contributed by atoms with Crippen LogP contribution in [0.2, 0.25) is 10.0 Å². The lowest BCUT2D eigenvalue weighted by molar-refractivity contribution is -0.141. The average molecular weight is 455 g/mol. The second-order valence-corrected chi connectivity index (χ2v) is 7.51. The normalized spacial score (nSPS) is 11.6. The van der Waals surface area contributed by atoms with Crippen LogP contribution in [0, 0.1) is 0 Å². The third kappa shape index (κ3) is 4.10. The van der Waals surface area contributed by atoms with Gasteiger partial charge in [0.05, 0.1) is 47.2 Å². The first-order chi connectivity index (χ1) is 13.9. The van der Waals surface area contributed by atoms with Crippen LogP contribution in [-0.2, 0) is 16.1 Å². The van der Waals surface area contributed by atoms with E-state index in [4.69, 9.17) is 37.4 Å². The summed E-state index contributed by atoms with van der Waals surface area (Å²) >= 11 is 13.7. The van der Waals surface area contributed by atoms with E-state index in [-0.39, 0.29) is 27.7 Å². The summed E-state index contributed by atoms with van der Waals surface area (Å²) < 4.78 is 17.5. The van der Waals surface area contributed by atoms with Crippen molar-refractivity contribution in [1.82, 2.24) is 4.57 Å². The van der Waals surface area contributed by atoms with E-state index in [1.165, 1.54) is 37.2 Å². The molecule has 0 aliphatic rings. The minimum atomic E-state index is -0.562. The van der Waals surface area contributed by atoms with E-state index in [2.05, 4.69) is 4.99 Å². The lowest BCUT2D eigenvalue weighted by Crippen LogP contribution is -2.22. The van der Waals surface area contributed by atoms with E-state index in [9.17, 15) is 9.59 Å². The number of halogens is 2. The molecule has 2 aromatic carbocycles. The number of hydrogen-bond donors (Lipinski definition) is 0. The molecule has 0 aliphatic heterocycles. The van der Waals surface area contributed by atoms with Crippen molar-refractivity contribution in [2.45, 2.75) is 6.54 Å². The molecule has 1 heterocycles. The lowest BCUT2D eigenvalue weighted by Gasteiger charge is -2.10. The summed E-state index contributed by atoms with van der Waals surface area (Å²) in [5.41, 5.74) is 0.719. The summed E-state index contributed by atoms with van der Waals surface area (Å²) in [5.74, 6) is -0.408. The Balaban J connectivity index is 2.23. The highest BCUT2D eigenvalue weighted by Crippen LogP contribution is 2.33. The van der Waals surface area contributed by atoms with E-state index in [1.54, 1.807) is 30.3 Å². The predicted octanol–water partition coefficient (Wildman–Crippen LogP) is 3.94. The number of aromatic nitrogens is 1. The molecule has 0 saturated heterocycles. The fourth-order valence-corrected chi connectivity index (χ4v) is 4.24. The molecule has 0 N–H and O–H groups in total. The highest BCUT2D eigenvalue weighted by molar-refractivity contribution is 7.16. The number of rotatable bonds is 5. The van der Waals surface area contributed by atoms with E-state index >= 15 is 0 Å². The molecule has 1 aromatic heterocycles. The van der Waals surface area contributed by atoms with E-state index in [1.807, 2.05) is 0 Å². The number of esters is 1. The summed E-state index contributed by atoms with van der Waals surface area (Å²) in [6, 6.07) is 8.30. The van der Waals surface area contributed by atoms with Gasteiger partial charge < -0.3 is 18.8 Å². The molecule has 29 heavy (non-hydrogen) atoms. The highest BCUT2D eigenvalue weighted by Gasteiger charge is 2.19. The Morgan fingerprint density at radius 3 is 2.52 bits per heavy atom. The van der Waals surface area contributed by atoms with E-state index < -0.39 is 11.9 Å². The monoisotopic (exact) mass is 454 g/mol. The number of nitrogens with zero attached hydrogens (tertiary/aromatic N) is 2. The van der Waals surface area contributed by atoms with Gasteiger partial charge in [0, 0.05) is 0 Å². The molecule has 152 valence electrons. The van der Waals surface area contributed by atoms with Crippen molar-refractivity contribution in [3.05, 3.63) is 50.7 Å². The zero-order chi connectivity index (χ0) is 21.1. The maximum Gasteiger partial charge on any atom is 0.325 e. The summed E-state index contributed by atoms with van der Waals surface area (Å²) in [5, 5.41) is 0.583. The largest absolute Gasteiger partial charge is 0.493 e. The third-order valence-corrected chi connectivity index (χ3v) is 5.92. The minimum Gasteiger partial charge on any atom is -0.493 e. The molecule has 3 rings (SSSR count). The molecular weight excluding hydrogens is 439 g/mol. The van der Waals surface area contributed by atoms with E-state index in [0.29, 0.717) is 21.0 Å². The molecule has 0 saturated carbocycles. The number of carbonyl (C=O) groups excluding carboxylic acids is 2. The second-order valence-electron chi connectivity index (χ2n) is 5.71. The van der Waals surface area contributed by atoms with Crippen LogP contribution in [-0.4, -0.2) is 37.8 Å². The number of ether oxygens (including phenoxy) is 3. The van der Waals surface area contributed by atoms with E-state index in [0.717, 1.165) is 0 Å². The van der Waals surface area contributed by atoms with Crippen LogP contribution in [0.3, 0.4) is 0 Å². The lowest BCUT2D eigenvalue weighted by atomic mass is 10.2. The Kier molecular flexibility index (Phi) is 6.46. The van der Waals surface area contributed by atoms with Gasteiger partial charge in [-0.3, -0.25) is 9.59 Å². The van der Waals surface area contributed by atoms with Crippen molar-refractivity contribution >= 4 is 56.6 Å². The standard InChI is InChI=1S/C19H16Cl2N2O5S/c1-26-12-6-4-5-10(17(12)28-3)18(25)22-19-23(9-14(24)27-2)16-13(29-19)8-7-11(20)15(16)21/h4-8H,9H2,1-3H3. The van der Waals surface area contributed by atoms with Crippen molar-refractivity contribution in [3.8, 4) is 11.5 Å². The SMILES string of the molecule is COC(=O)Cn1c(=NC(=O)c2cccc(OC)c2OC)sc2ccc(Cl)c(Cl)c21. The highest BCUT2D eigenvalue weighted by atomic mass is 35.5. The van der Waals surface area contributed by atoms with Crippen LogP contribution in [0.1, 0.15) is 10.4 Å². The molecule has 10 heteroatoms. The van der Waals surface area contributed by atoms with Crippen molar-refractivity contribution in [1.29, 1.82) is 0 Å². The Hall–Kier alpha value is -2.55. The molecule has 0 bridgehead atoms. The van der Waals surface area contributed by atoms with Gasteiger partial charge in [0.15, 0.2) is 16.3 Å². The number of para-hydroxylation sites is 1. The molecule has 1 amide bonds. The van der Waals surface area contributed by atoms with Crippen molar-refractivity contribution in [2.24, 2.45) is 4.99 Å². The quantitative estimate of drug-likeness (QED) is 0.545. The molecule has 0 atom stereocenters. The molecule has 0 aliphatic carbocycles. The van der Waals surface area contributed by atoms with Crippen molar-refractivity contribution < 1.29 is 23.8 Å². The Morgan fingerprint density at radius 2 is 1.86 bits per heavy atom. The molecule has 3 aromatic rings. The van der Waals surface area contributed by atoms with Crippen LogP contribution in [0.15, 0.2) is 35.3 Å². The molecule has 0 spiro atoms. The van der Waals surface area contributed by atoms with Gasteiger partial charge in [-0.1, -0.05) is 40.6 Å². The number of hydrogen-bond acceptors (Lipinski definition) is 6. The fraction of sp³-hybridized carbons (Fsp3) is 0.211. The van der Waals surface area contributed by atoms with Crippen LogP contribution in [0.25, 0.3) is 10.2 Å². The van der Waals surface area contributed by atoms with Gasteiger partial charge in [-0.2, -0.15) is 4.99 Å². The number of carbonyl (C=O) groups is 2. The molecule has 0 radical (unpaired) electrons. The number of amides is 1. The Labute approximate surface area is 180 Å². The van der Waals surface area contributed by atoms with Gasteiger partial charge in [0.25, 0.3) is 5.91 Å². The van der Waals surface area contributed by atoms with Gasteiger partial charge in [0.1, 0.15) is 6.54 Å². The van der Waals surface area contributed by atoms with Gasteiger partial charge in [0.2, 0.25) is 0 Å². The number of thiazole rings is 1. The number of benzene rings is 2. The first kappa shape index (κ1) is 21.2. The topological polar surface area (TPSA) is 79.1 Å². The van der Waals surface area contributed by atoms with Crippen LogP contribution < -0.4 is 14.3 Å². The average Bonchev–Trinajstić information content (AvgIpc) is 3.07. The minimum absolute atomic E-state index is 0.183. The molecule has 7 nitrogen and oxygen atoms in total.